The van der Waals surface area contributed by atoms with E-state index in [1.54, 1.807) is 0 Å². The van der Waals surface area contributed by atoms with Crippen LogP contribution in [0, 0.1) is 11.6 Å². The molecule has 0 bridgehead atoms. The molecule has 88 valence electrons. The summed E-state index contributed by atoms with van der Waals surface area (Å²) < 4.78 is 25.5. The van der Waals surface area contributed by atoms with Gasteiger partial charge in [0.15, 0.2) is 11.6 Å². The minimum atomic E-state index is -0.919. The second-order valence-electron chi connectivity index (χ2n) is 3.98. The summed E-state index contributed by atoms with van der Waals surface area (Å²) in [5.74, 6) is -1.83. The summed E-state index contributed by atoms with van der Waals surface area (Å²) >= 11 is 0. The third kappa shape index (κ3) is 4.06. The SMILES string of the molecule is CC(N)CCC(=O)Cc1ccc(F)c(F)c1. The van der Waals surface area contributed by atoms with Crippen LogP contribution in [0.5, 0.6) is 0 Å². The van der Waals surface area contributed by atoms with Crippen molar-refractivity contribution in [3.63, 3.8) is 0 Å². The molecule has 1 aromatic carbocycles. The van der Waals surface area contributed by atoms with Gasteiger partial charge < -0.3 is 5.73 Å². The van der Waals surface area contributed by atoms with Crippen LogP contribution in [0.4, 0.5) is 8.78 Å². The topological polar surface area (TPSA) is 43.1 Å². The van der Waals surface area contributed by atoms with Crippen LogP contribution < -0.4 is 5.73 Å². The zero-order chi connectivity index (χ0) is 12.1. The van der Waals surface area contributed by atoms with Crippen molar-refractivity contribution in [3.8, 4) is 0 Å². The molecule has 0 saturated heterocycles. The molecule has 0 heterocycles. The van der Waals surface area contributed by atoms with Crippen LogP contribution in [0.1, 0.15) is 25.3 Å². The fraction of sp³-hybridized carbons (Fsp3) is 0.417. The fourth-order valence-corrected chi connectivity index (χ4v) is 1.35. The molecule has 16 heavy (non-hydrogen) atoms. The summed E-state index contributed by atoms with van der Waals surface area (Å²) in [5.41, 5.74) is 6.01. The van der Waals surface area contributed by atoms with E-state index in [0.29, 0.717) is 18.4 Å². The van der Waals surface area contributed by atoms with Gasteiger partial charge in [0, 0.05) is 18.9 Å². The summed E-state index contributed by atoms with van der Waals surface area (Å²) in [5, 5.41) is 0. The Hall–Kier alpha value is -1.29. The van der Waals surface area contributed by atoms with Crippen molar-refractivity contribution >= 4 is 5.78 Å². The van der Waals surface area contributed by atoms with Crippen molar-refractivity contribution in [3.05, 3.63) is 35.4 Å². The van der Waals surface area contributed by atoms with Gasteiger partial charge in [-0.3, -0.25) is 4.79 Å². The van der Waals surface area contributed by atoms with Crippen LogP contribution in [-0.4, -0.2) is 11.8 Å². The summed E-state index contributed by atoms with van der Waals surface area (Å²) in [7, 11) is 0. The number of hydrogen-bond acceptors (Lipinski definition) is 2. The van der Waals surface area contributed by atoms with E-state index in [-0.39, 0.29) is 18.2 Å². The summed E-state index contributed by atoms with van der Waals surface area (Å²) in [4.78, 5) is 11.4. The van der Waals surface area contributed by atoms with Crippen molar-refractivity contribution in [1.82, 2.24) is 0 Å². The van der Waals surface area contributed by atoms with Gasteiger partial charge in [0.2, 0.25) is 0 Å². The molecule has 2 nitrogen and oxygen atoms in total. The minimum Gasteiger partial charge on any atom is -0.328 e. The smallest absolute Gasteiger partial charge is 0.159 e. The maximum atomic E-state index is 12.8. The first-order valence-electron chi connectivity index (χ1n) is 5.20. The predicted octanol–water partition coefficient (Wildman–Crippen LogP) is 2.20. The summed E-state index contributed by atoms with van der Waals surface area (Å²) in [6.45, 7) is 1.82. The number of carbonyl (C=O) groups excluding carboxylic acids is 1. The Kier molecular flexibility index (Phi) is 4.55. The minimum absolute atomic E-state index is 0.0108. The number of hydrogen-bond donors (Lipinski definition) is 1. The average molecular weight is 227 g/mol. The number of rotatable bonds is 5. The molecule has 0 aliphatic carbocycles. The lowest BCUT2D eigenvalue weighted by Gasteiger charge is -2.04. The van der Waals surface area contributed by atoms with Crippen molar-refractivity contribution in [2.45, 2.75) is 32.2 Å². The number of halogens is 2. The number of nitrogens with two attached hydrogens (primary N) is 1. The van der Waals surface area contributed by atoms with E-state index < -0.39 is 11.6 Å². The van der Waals surface area contributed by atoms with E-state index in [9.17, 15) is 13.6 Å². The Balaban J connectivity index is 2.53. The second kappa shape index (κ2) is 5.70. The van der Waals surface area contributed by atoms with E-state index >= 15 is 0 Å². The molecule has 0 aromatic heterocycles. The van der Waals surface area contributed by atoms with Crippen LogP contribution in [0.3, 0.4) is 0 Å². The molecule has 0 spiro atoms. The lowest BCUT2D eigenvalue weighted by Crippen LogP contribution is -2.17. The van der Waals surface area contributed by atoms with Gasteiger partial charge in [0.1, 0.15) is 5.78 Å². The number of Topliss-reactive ketones (excluding diaryl/α,β-unsaturated/α-hetero) is 1. The van der Waals surface area contributed by atoms with Crippen LogP contribution in [0.25, 0.3) is 0 Å². The van der Waals surface area contributed by atoms with E-state index in [1.807, 2.05) is 6.92 Å². The zero-order valence-electron chi connectivity index (χ0n) is 9.17. The van der Waals surface area contributed by atoms with Gasteiger partial charge in [-0.1, -0.05) is 6.07 Å². The first kappa shape index (κ1) is 12.8. The number of carbonyl (C=O) groups is 1. The van der Waals surface area contributed by atoms with E-state index in [1.165, 1.54) is 6.07 Å². The van der Waals surface area contributed by atoms with E-state index in [4.69, 9.17) is 5.73 Å². The molecule has 4 heteroatoms. The first-order chi connectivity index (χ1) is 7.49. The highest BCUT2D eigenvalue weighted by atomic mass is 19.2. The highest BCUT2D eigenvalue weighted by molar-refractivity contribution is 5.80. The standard InChI is InChI=1S/C12H15F2NO/c1-8(15)2-4-10(16)6-9-3-5-11(13)12(14)7-9/h3,5,7-8H,2,4,6,15H2,1H3. The molecular formula is C12H15F2NO. The largest absolute Gasteiger partial charge is 0.328 e. The van der Waals surface area contributed by atoms with E-state index in [2.05, 4.69) is 0 Å². The first-order valence-corrected chi connectivity index (χ1v) is 5.20. The third-order valence-electron chi connectivity index (χ3n) is 2.26. The molecule has 1 aromatic rings. The molecule has 0 fully saturated rings. The Morgan fingerprint density at radius 1 is 1.38 bits per heavy atom. The second-order valence-corrected chi connectivity index (χ2v) is 3.98. The highest BCUT2D eigenvalue weighted by Crippen LogP contribution is 2.10. The maximum absolute atomic E-state index is 12.8. The maximum Gasteiger partial charge on any atom is 0.159 e. The lowest BCUT2D eigenvalue weighted by molar-refractivity contribution is -0.118. The van der Waals surface area contributed by atoms with Crippen LogP contribution >= 0.6 is 0 Å². The molecule has 0 radical (unpaired) electrons. The van der Waals surface area contributed by atoms with Gasteiger partial charge in [0.25, 0.3) is 0 Å². The third-order valence-corrected chi connectivity index (χ3v) is 2.26. The summed E-state index contributed by atoms with van der Waals surface area (Å²) in [6.07, 6.45) is 1.11. The van der Waals surface area contributed by atoms with Gasteiger partial charge in [-0.05, 0) is 31.0 Å². The van der Waals surface area contributed by atoms with Gasteiger partial charge in [-0.15, -0.1) is 0 Å². The van der Waals surface area contributed by atoms with Crippen LogP contribution in [-0.2, 0) is 11.2 Å². The average Bonchev–Trinajstić information content (AvgIpc) is 2.21. The van der Waals surface area contributed by atoms with Gasteiger partial charge in [-0.2, -0.15) is 0 Å². The van der Waals surface area contributed by atoms with Crippen molar-refractivity contribution in [1.29, 1.82) is 0 Å². The fourth-order valence-electron chi connectivity index (χ4n) is 1.35. The molecule has 1 unspecified atom stereocenters. The predicted molar refractivity (Wildman–Crippen MR) is 58.0 cm³/mol. The van der Waals surface area contributed by atoms with Crippen LogP contribution in [0.2, 0.25) is 0 Å². The molecule has 0 aliphatic heterocycles. The monoisotopic (exact) mass is 227 g/mol. The number of ketones is 1. The molecule has 1 rings (SSSR count). The van der Waals surface area contributed by atoms with Crippen molar-refractivity contribution in [2.24, 2.45) is 5.73 Å². The number of benzene rings is 1. The quantitative estimate of drug-likeness (QED) is 0.838. The molecular weight excluding hydrogens is 212 g/mol. The molecule has 0 saturated carbocycles. The summed E-state index contributed by atoms with van der Waals surface area (Å²) in [6, 6.07) is 3.49. The van der Waals surface area contributed by atoms with Crippen LogP contribution in [0.15, 0.2) is 18.2 Å². The van der Waals surface area contributed by atoms with Crippen molar-refractivity contribution in [2.75, 3.05) is 0 Å². The Labute approximate surface area is 93.5 Å². The highest BCUT2D eigenvalue weighted by Gasteiger charge is 2.08. The van der Waals surface area contributed by atoms with Gasteiger partial charge in [-0.25, -0.2) is 8.78 Å². The molecule has 0 aliphatic rings. The molecule has 0 amide bonds. The zero-order valence-corrected chi connectivity index (χ0v) is 9.17. The normalized spacial score (nSPS) is 12.5. The van der Waals surface area contributed by atoms with Crippen molar-refractivity contribution < 1.29 is 13.6 Å². The molecule has 2 N–H and O–H groups in total. The van der Waals surface area contributed by atoms with Gasteiger partial charge in [0.05, 0.1) is 0 Å². The Morgan fingerprint density at radius 2 is 2.06 bits per heavy atom. The van der Waals surface area contributed by atoms with Gasteiger partial charge >= 0.3 is 0 Å². The Morgan fingerprint density at radius 3 is 2.62 bits per heavy atom. The van der Waals surface area contributed by atoms with E-state index in [0.717, 1.165) is 12.1 Å². The lowest BCUT2D eigenvalue weighted by atomic mass is 10.0. The Bertz CT molecular complexity index is 377. The molecule has 1 atom stereocenters.